The first-order valence-electron chi connectivity index (χ1n) is 9.49. The lowest BCUT2D eigenvalue weighted by Crippen LogP contribution is -2.36. The van der Waals surface area contributed by atoms with E-state index in [0.717, 1.165) is 17.6 Å². The van der Waals surface area contributed by atoms with Crippen molar-refractivity contribution in [1.82, 2.24) is 5.32 Å². The van der Waals surface area contributed by atoms with Crippen LogP contribution in [-0.4, -0.2) is 23.5 Å². The fourth-order valence-corrected chi connectivity index (χ4v) is 4.69. The number of nitrogens with one attached hydrogen (secondary N) is 1. The molecule has 0 saturated heterocycles. The summed E-state index contributed by atoms with van der Waals surface area (Å²) in [7, 11) is 0. The van der Waals surface area contributed by atoms with Gasteiger partial charge in [-0.1, -0.05) is 57.2 Å². The van der Waals surface area contributed by atoms with Crippen molar-refractivity contribution in [3.05, 3.63) is 47.5 Å². The van der Waals surface area contributed by atoms with Crippen LogP contribution in [0.25, 0.3) is 0 Å². The van der Waals surface area contributed by atoms with E-state index in [1.54, 1.807) is 0 Å². The second kappa shape index (κ2) is 6.69. The van der Waals surface area contributed by atoms with E-state index < -0.39 is 6.10 Å². The lowest BCUT2D eigenvalue weighted by Gasteiger charge is -2.37. The molecule has 1 aromatic rings. The van der Waals surface area contributed by atoms with Crippen molar-refractivity contribution >= 4 is 5.78 Å². The van der Waals surface area contributed by atoms with Crippen LogP contribution in [0.5, 0.6) is 0 Å². The number of hydrogen-bond acceptors (Lipinski definition) is 3. The van der Waals surface area contributed by atoms with Crippen molar-refractivity contribution in [1.29, 1.82) is 0 Å². The molecule has 0 heterocycles. The molecule has 3 nitrogen and oxygen atoms in total. The number of benzene rings is 1. The molecule has 3 rings (SSSR count). The standard InChI is InChI=1S/C22H31NO2/c1-15(20(25)16-8-6-5-7-9-16)23-13-11-19(24)18-14-17-10-12-22(18,4)21(17,2)3/h5-9,14-15,17,20,23,25H,10-13H2,1-4H3. The van der Waals surface area contributed by atoms with Gasteiger partial charge in [-0.15, -0.1) is 0 Å². The first-order chi connectivity index (χ1) is 11.8. The van der Waals surface area contributed by atoms with Crippen molar-refractivity contribution < 1.29 is 9.90 Å². The van der Waals surface area contributed by atoms with Crippen LogP contribution >= 0.6 is 0 Å². The maximum Gasteiger partial charge on any atom is 0.160 e. The second-order valence-corrected chi connectivity index (χ2v) is 8.55. The molecule has 136 valence electrons. The molecule has 0 radical (unpaired) electrons. The molecule has 4 unspecified atom stereocenters. The fraction of sp³-hybridized carbons (Fsp3) is 0.591. The van der Waals surface area contributed by atoms with Crippen molar-refractivity contribution in [3.8, 4) is 0 Å². The average molecular weight is 341 g/mol. The van der Waals surface area contributed by atoms with Crippen molar-refractivity contribution in [2.75, 3.05) is 6.54 Å². The lowest BCUT2D eigenvalue weighted by atomic mass is 9.66. The van der Waals surface area contributed by atoms with E-state index in [2.05, 4.69) is 32.2 Å². The Bertz CT molecular complexity index is 664. The summed E-state index contributed by atoms with van der Waals surface area (Å²) in [4.78, 5) is 12.8. The minimum Gasteiger partial charge on any atom is -0.387 e. The van der Waals surface area contributed by atoms with Crippen LogP contribution in [0.2, 0.25) is 0 Å². The number of Topliss-reactive ketones (excluding diaryl/α,β-unsaturated/α-hetero) is 1. The third kappa shape index (κ3) is 3.09. The lowest BCUT2D eigenvalue weighted by molar-refractivity contribution is -0.117. The van der Waals surface area contributed by atoms with E-state index in [-0.39, 0.29) is 22.7 Å². The first kappa shape index (κ1) is 18.3. The van der Waals surface area contributed by atoms with Gasteiger partial charge in [0.15, 0.2) is 5.78 Å². The predicted molar refractivity (Wildman–Crippen MR) is 101 cm³/mol. The molecule has 2 aliphatic rings. The Balaban J connectivity index is 1.53. The van der Waals surface area contributed by atoms with Crippen LogP contribution in [-0.2, 0) is 4.79 Å². The highest BCUT2D eigenvalue weighted by molar-refractivity contribution is 5.97. The highest BCUT2D eigenvalue weighted by Gasteiger charge is 2.58. The third-order valence-corrected chi connectivity index (χ3v) is 7.00. The molecule has 1 aromatic carbocycles. The Morgan fingerprint density at radius 2 is 1.96 bits per heavy atom. The van der Waals surface area contributed by atoms with E-state index in [4.69, 9.17) is 0 Å². The number of ketones is 1. The van der Waals surface area contributed by atoms with Gasteiger partial charge in [-0.25, -0.2) is 0 Å². The Labute approximate surface area is 151 Å². The van der Waals surface area contributed by atoms with E-state index in [9.17, 15) is 9.90 Å². The third-order valence-electron chi connectivity index (χ3n) is 7.00. The molecule has 25 heavy (non-hydrogen) atoms. The van der Waals surface area contributed by atoms with Gasteiger partial charge >= 0.3 is 0 Å². The Kier molecular flexibility index (Phi) is 4.91. The second-order valence-electron chi connectivity index (χ2n) is 8.55. The maximum absolute atomic E-state index is 12.8. The van der Waals surface area contributed by atoms with Crippen LogP contribution in [0.15, 0.2) is 42.0 Å². The monoisotopic (exact) mass is 341 g/mol. The van der Waals surface area contributed by atoms with Gasteiger partial charge in [-0.3, -0.25) is 4.79 Å². The molecular formula is C22H31NO2. The van der Waals surface area contributed by atoms with Crippen molar-refractivity contribution in [2.45, 2.75) is 59.1 Å². The van der Waals surface area contributed by atoms with Crippen LogP contribution in [0.4, 0.5) is 0 Å². The number of allylic oxidation sites excluding steroid dienone is 2. The number of carbonyl (C=O) groups excluding carboxylic acids is 1. The molecule has 0 aromatic heterocycles. The van der Waals surface area contributed by atoms with Crippen LogP contribution in [0.3, 0.4) is 0 Å². The minimum atomic E-state index is -0.561. The molecule has 4 atom stereocenters. The minimum absolute atomic E-state index is 0.0317. The van der Waals surface area contributed by atoms with Gasteiger partial charge in [0.25, 0.3) is 0 Å². The highest BCUT2D eigenvalue weighted by Crippen LogP contribution is 2.65. The van der Waals surface area contributed by atoms with E-state index in [1.165, 1.54) is 6.42 Å². The Hall–Kier alpha value is -1.45. The quantitative estimate of drug-likeness (QED) is 0.787. The van der Waals surface area contributed by atoms with E-state index in [1.807, 2.05) is 37.3 Å². The normalized spacial score (nSPS) is 29.3. The fourth-order valence-electron chi connectivity index (χ4n) is 4.69. The van der Waals surface area contributed by atoms with Crippen LogP contribution in [0.1, 0.15) is 58.6 Å². The molecule has 2 bridgehead atoms. The summed E-state index contributed by atoms with van der Waals surface area (Å²) in [5.41, 5.74) is 2.18. The Morgan fingerprint density at radius 1 is 1.28 bits per heavy atom. The van der Waals surface area contributed by atoms with E-state index >= 15 is 0 Å². The number of fused-ring (bicyclic) bond motifs is 2. The summed E-state index contributed by atoms with van der Waals surface area (Å²) in [5.74, 6) is 0.815. The molecule has 1 fully saturated rings. The van der Waals surface area contributed by atoms with Crippen LogP contribution in [0, 0.1) is 16.7 Å². The van der Waals surface area contributed by atoms with Gasteiger partial charge in [0.05, 0.1) is 6.10 Å². The molecule has 0 spiro atoms. The molecule has 1 saturated carbocycles. The number of aliphatic hydroxyl groups excluding tert-OH is 1. The molecular weight excluding hydrogens is 310 g/mol. The summed E-state index contributed by atoms with van der Waals surface area (Å²) >= 11 is 0. The number of aliphatic hydroxyl groups is 1. The zero-order chi connectivity index (χ0) is 18.2. The Morgan fingerprint density at radius 3 is 2.52 bits per heavy atom. The van der Waals surface area contributed by atoms with Gasteiger partial charge < -0.3 is 10.4 Å². The number of rotatable bonds is 7. The summed E-state index contributed by atoms with van der Waals surface area (Å²) in [5, 5.41) is 13.7. The van der Waals surface area contributed by atoms with Crippen molar-refractivity contribution in [3.63, 3.8) is 0 Å². The largest absolute Gasteiger partial charge is 0.387 e. The molecule has 2 aliphatic carbocycles. The van der Waals surface area contributed by atoms with Crippen LogP contribution < -0.4 is 5.32 Å². The van der Waals surface area contributed by atoms with Crippen molar-refractivity contribution in [2.24, 2.45) is 16.7 Å². The highest BCUT2D eigenvalue weighted by atomic mass is 16.3. The zero-order valence-electron chi connectivity index (χ0n) is 15.9. The summed E-state index contributed by atoms with van der Waals surface area (Å²) in [6.07, 6.45) is 4.51. The van der Waals surface area contributed by atoms with E-state index in [0.29, 0.717) is 18.9 Å². The van der Waals surface area contributed by atoms with Gasteiger partial charge in [-0.2, -0.15) is 0 Å². The first-order valence-corrected chi connectivity index (χ1v) is 9.49. The smallest absolute Gasteiger partial charge is 0.160 e. The topological polar surface area (TPSA) is 49.3 Å². The molecule has 3 heteroatoms. The number of hydrogen-bond donors (Lipinski definition) is 2. The molecule has 0 amide bonds. The van der Waals surface area contributed by atoms with Gasteiger partial charge in [0.2, 0.25) is 0 Å². The summed E-state index contributed by atoms with van der Waals surface area (Å²) in [6, 6.07) is 9.57. The molecule has 2 N–H and O–H groups in total. The molecule has 0 aliphatic heterocycles. The van der Waals surface area contributed by atoms with Gasteiger partial charge in [0.1, 0.15) is 0 Å². The predicted octanol–water partition coefficient (Wildman–Crippen LogP) is 4.04. The zero-order valence-corrected chi connectivity index (χ0v) is 15.9. The van der Waals surface area contributed by atoms with Gasteiger partial charge in [-0.05, 0) is 42.2 Å². The number of carbonyl (C=O) groups is 1. The maximum atomic E-state index is 12.8. The summed E-state index contributed by atoms with van der Waals surface area (Å²) < 4.78 is 0. The SMILES string of the molecule is CC(NCCC(=O)C1=CC2CCC1(C)C2(C)C)C(O)c1ccccc1. The van der Waals surface area contributed by atoms with Gasteiger partial charge in [0, 0.05) is 24.4 Å². The average Bonchev–Trinajstić information content (AvgIpc) is 2.94. The summed E-state index contributed by atoms with van der Waals surface area (Å²) in [6.45, 7) is 9.43.